The lowest BCUT2D eigenvalue weighted by Gasteiger charge is -2.41. The van der Waals surface area contributed by atoms with Crippen LogP contribution in [0.25, 0.3) is 0 Å². The van der Waals surface area contributed by atoms with Crippen molar-refractivity contribution in [3.8, 4) is 17.7 Å². The van der Waals surface area contributed by atoms with Crippen molar-refractivity contribution in [1.82, 2.24) is 9.88 Å². The fraction of sp³-hybridized carbons (Fsp3) is 0.357. The van der Waals surface area contributed by atoms with E-state index in [1.807, 2.05) is 35.2 Å². The molecule has 0 bridgehead atoms. The van der Waals surface area contributed by atoms with Gasteiger partial charge >= 0.3 is 0 Å². The lowest BCUT2D eigenvalue weighted by molar-refractivity contribution is -0.153. The summed E-state index contributed by atoms with van der Waals surface area (Å²) >= 11 is 6.27. The molecule has 2 fully saturated rings. The molecular weight excluding hydrogens is 497 g/mol. The number of hydrogen-bond acceptors (Lipinski definition) is 7. The first kappa shape index (κ1) is 24.1. The number of aromatic nitrogens is 1. The van der Waals surface area contributed by atoms with E-state index in [1.54, 1.807) is 24.3 Å². The minimum Gasteiger partial charge on any atom is -0.481 e. The predicted molar refractivity (Wildman–Crippen MR) is 133 cm³/mol. The number of fused-ring (bicyclic) bond motifs is 3. The SMILES string of the molecule is COc1nc(Cl)cc2c1[C@]1(O)[C@H](O)[C@H](CN3CC(F)C3)[C@@H](c3ccccc3)[C@]1(c1ccc(C#N)cc1)O2. The van der Waals surface area contributed by atoms with Crippen LogP contribution in [0, 0.1) is 17.2 Å². The van der Waals surface area contributed by atoms with Gasteiger partial charge in [0.05, 0.1) is 30.4 Å². The van der Waals surface area contributed by atoms with Gasteiger partial charge in [-0.05, 0) is 23.3 Å². The first-order chi connectivity index (χ1) is 17.8. The number of pyridine rings is 1. The maximum Gasteiger partial charge on any atom is 0.224 e. The molecule has 2 aromatic carbocycles. The Morgan fingerprint density at radius 2 is 1.92 bits per heavy atom. The quantitative estimate of drug-likeness (QED) is 0.496. The van der Waals surface area contributed by atoms with Crippen molar-refractivity contribution in [1.29, 1.82) is 5.26 Å². The van der Waals surface area contributed by atoms with Gasteiger partial charge in [-0.15, -0.1) is 0 Å². The summed E-state index contributed by atoms with van der Waals surface area (Å²) in [5, 5.41) is 34.3. The fourth-order valence-electron chi connectivity index (χ4n) is 6.50. The van der Waals surface area contributed by atoms with E-state index in [0.29, 0.717) is 17.7 Å². The zero-order chi connectivity index (χ0) is 25.9. The Balaban J connectivity index is 1.63. The van der Waals surface area contributed by atoms with Crippen LogP contribution in [0.15, 0.2) is 60.7 Å². The Morgan fingerprint density at radius 3 is 2.54 bits per heavy atom. The van der Waals surface area contributed by atoms with Crippen LogP contribution in [0.3, 0.4) is 0 Å². The zero-order valence-corrected chi connectivity index (χ0v) is 20.8. The Labute approximate surface area is 218 Å². The molecule has 6 rings (SSSR count). The molecular formula is C28H25ClFN3O4. The van der Waals surface area contributed by atoms with Crippen molar-refractivity contribution >= 4 is 11.6 Å². The van der Waals surface area contributed by atoms with Crippen molar-refractivity contribution in [2.75, 3.05) is 26.7 Å². The van der Waals surface area contributed by atoms with Crippen molar-refractivity contribution in [3.63, 3.8) is 0 Å². The van der Waals surface area contributed by atoms with Crippen LogP contribution in [0.1, 0.15) is 28.2 Å². The minimum atomic E-state index is -2.00. The van der Waals surface area contributed by atoms with E-state index in [4.69, 9.17) is 21.1 Å². The summed E-state index contributed by atoms with van der Waals surface area (Å²) in [5.74, 6) is -0.782. The number of alkyl halides is 1. The summed E-state index contributed by atoms with van der Waals surface area (Å²) < 4.78 is 26.0. The predicted octanol–water partition coefficient (Wildman–Crippen LogP) is 3.52. The number of aliphatic hydroxyl groups is 2. The number of hydrogen-bond donors (Lipinski definition) is 2. The number of methoxy groups -OCH3 is 1. The summed E-state index contributed by atoms with van der Waals surface area (Å²) in [6.45, 7) is 0.888. The molecule has 0 amide bonds. The number of rotatable bonds is 5. The van der Waals surface area contributed by atoms with Gasteiger partial charge in [0.2, 0.25) is 5.88 Å². The highest BCUT2D eigenvalue weighted by molar-refractivity contribution is 6.29. The molecule has 2 N–H and O–H groups in total. The Bertz CT molecular complexity index is 1380. The lowest BCUT2D eigenvalue weighted by Crippen LogP contribution is -2.52. The van der Waals surface area contributed by atoms with E-state index in [1.165, 1.54) is 13.2 Å². The Hall–Kier alpha value is -3.22. The molecule has 190 valence electrons. The summed E-state index contributed by atoms with van der Waals surface area (Å²) in [4.78, 5) is 6.20. The first-order valence-corrected chi connectivity index (χ1v) is 12.5. The molecule has 1 saturated carbocycles. The lowest BCUT2D eigenvalue weighted by atomic mass is 9.70. The average molecular weight is 522 g/mol. The molecule has 3 aliphatic rings. The van der Waals surface area contributed by atoms with Crippen LogP contribution in [0.2, 0.25) is 5.15 Å². The largest absolute Gasteiger partial charge is 0.481 e. The highest BCUT2D eigenvalue weighted by atomic mass is 35.5. The van der Waals surface area contributed by atoms with Crippen LogP contribution in [0.4, 0.5) is 4.39 Å². The summed E-state index contributed by atoms with van der Waals surface area (Å²) in [5.41, 5.74) is -1.44. The highest BCUT2D eigenvalue weighted by Crippen LogP contribution is 2.69. The second-order valence-electron chi connectivity index (χ2n) is 9.93. The van der Waals surface area contributed by atoms with Gasteiger partial charge in [0.25, 0.3) is 0 Å². The molecule has 2 aliphatic heterocycles. The Kier molecular flexibility index (Phi) is 5.66. The van der Waals surface area contributed by atoms with Crippen LogP contribution in [0.5, 0.6) is 11.6 Å². The van der Waals surface area contributed by atoms with Crippen molar-refractivity contribution in [3.05, 3.63) is 88.1 Å². The van der Waals surface area contributed by atoms with Crippen LogP contribution in [-0.4, -0.2) is 59.1 Å². The monoisotopic (exact) mass is 521 g/mol. The zero-order valence-electron chi connectivity index (χ0n) is 20.0. The van der Waals surface area contributed by atoms with Crippen LogP contribution < -0.4 is 9.47 Å². The van der Waals surface area contributed by atoms with E-state index >= 15 is 0 Å². The van der Waals surface area contributed by atoms with Crippen molar-refractivity contribution in [2.45, 2.75) is 29.4 Å². The van der Waals surface area contributed by atoms with Crippen LogP contribution in [-0.2, 0) is 11.2 Å². The molecule has 7 nitrogen and oxygen atoms in total. The summed E-state index contributed by atoms with van der Waals surface area (Å²) in [6.07, 6.45) is -2.24. The van der Waals surface area contributed by atoms with Gasteiger partial charge in [-0.3, -0.25) is 4.90 Å². The Morgan fingerprint density at radius 1 is 1.22 bits per heavy atom. The molecule has 9 heteroatoms. The third-order valence-corrected chi connectivity index (χ3v) is 8.21. The van der Waals surface area contributed by atoms with E-state index in [0.717, 1.165) is 5.56 Å². The number of ether oxygens (including phenoxy) is 2. The van der Waals surface area contributed by atoms with E-state index in [9.17, 15) is 19.9 Å². The molecule has 0 unspecified atom stereocenters. The number of nitrogens with zero attached hydrogens (tertiary/aromatic N) is 3. The molecule has 1 aromatic heterocycles. The normalized spacial score (nSPS) is 30.6. The first-order valence-electron chi connectivity index (χ1n) is 12.1. The van der Waals surface area contributed by atoms with Crippen molar-refractivity contribution in [2.24, 2.45) is 5.92 Å². The molecule has 1 aliphatic carbocycles. The van der Waals surface area contributed by atoms with Crippen molar-refractivity contribution < 1.29 is 24.1 Å². The topological polar surface area (TPSA) is 98.8 Å². The number of halogens is 2. The molecule has 3 aromatic rings. The number of nitriles is 1. The molecule has 3 heterocycles. The highest BCUT2D eigenvalue weighted by Gasteiger charge is 2.77. The van der Waals surface area contributed by atoms with Gasteiger partial charge in [-0.25, -0.2) is 9.37 Å². The second kappa shape index (κ2) is 8.67. The van der Waals surface area contributed by atoms with Gasteiger partial charge < -0.3 is 19.7 Å². The van der Waals surface area contributed by atoms with Gasteiger partial charge in [-0.2, -0.15) is 5.26 Å². The number of benzene rings is 2. The molecule has 0 radical (unpaired) electrons. The standard InChI is InChI=1S/C28H25ClFN3O4/c1-36-26-24-21(11-22(29)32-26)37-28(18-9-7-16(12-31)8-10-18)23(17-5-3-2-4-6-17)20(25(34)27(24,28)35)15-33-13-19(30)14-33/h2-11,19-20,23,25,34-35H,13-15H2,1H3/t20-,23-,25-,27+,28+/m1/s1. The smallest absolute Gasteiger partial charge is 0.224 e. The third kappa shape index (κ3) is 3.32. The molecule has 1 saturated heterocycles. The molecule has 37 heavy (non-hydrogen) atoms. The summed E-state index contributed by atoms with van der Waals surface area (Å²) in [7, 11) is 1.42. The second-order valence-corrected chi connectivity index (χ2v) is 10.3. The molecule has 5 atom stereocenters. The fourth-order valence-corrected chi connectivity index (χ4v) is 6.68. The van der Waals surface area contributed by atoms with Gasteiger partial charge in [-0.1, -0.05) is 54.1 Å². The van der Waals surface area contributed by atoms with Gasteiger partial charge in [0.1, 0.15) is 17.1 Å². The third-order valence-electron chi connectivity index (χ3n) is 8.01. The number of likely N-dealkylation sites (tertiary alicyclic amines) is 1. The van der Waals surface area contributed by atoms with Crippen LogP contribution >= 0.6 is 11.6 Å². The van der Waals surface area contributed by atoms with Gasteiger partial charge in [0.15, 0.2) is 11.2 Å². The minimum absolute atomic E-state index is 0.0554. The number of aliphatic hydroxyl groups excluding tert-OH is 1. The van der Waals surface area contributed by atoms with Gasteiger partial charge in [0, 0.05) is 37.5 Å². The maximum atomic E-state index is 13.8. The van der Waals surface area contributed by atoms with E-state index in [-0.39, 0.29) is 35.4 Å². The summed E-state index contributed by atoms with van der Waals surface area (Å²) in [6, 6.07) is 20.0. The average Bonchev–Trinajstić information content (AvgIpc) is 3.25. The van der Waals surface area contributed by atoms with E-state index < -0.39 is 35.3 Å². The maximum absolute atomic E-state index is 13.8. The van der Waals surface area contributed by atoms with E-state index in [2.05, 4.69) is 11.1 Å². The molecule has 0 spiro atoms.